The number of carbonyl (C=O) groups excluding carboxylic acids is 1. The van der Waals surface area contributed by atoms with Crippen LogP contribution < -0.4 is 5.32 Å². The van der Waals surface area contributed by atoms with Gasteiger partial charge in [0.2, 0.25) is 15.9 Å². The van der Waals surface area contributed by atoms with E-state index in [-0.39, 0.29) is 23.3 Å². The summed E-state index contributed by atoms with van der Waals surface area (Å²) in [4.78, 5) is 13.0. The first-order valence-corrected chi connectivity index (χ1v) is 11.7. The molecule has 1 amide bonds. The molecular weight excluding hydrogens is 384 g/mol. The number of rotatable bonds is 6. The largest absolute Gasteiger partial charge is 0.326 e. The molecule has 1 aliphatic heterocycles. The summed E-state index contributed by atoms with van der Waals surface area (Å²) in [6, 6.07) is 14.8. The van der Waals surface area contributed by atoms with Crippen LogP contribution in [0.4, 0.5) is 5.69 Å². The number of piperidine rings is 1. The topological polar surface area (TPSA) is 66.5 Å². The van der Waals surface area contributed by atoms with E-state index in [1.165, 1.54) is 9.87 Å². The van der Waals surface area contributed by atoms with Crippen molar-refractivity contribution >= 4 is 21.6 Å². The van der Waals surface area contributed by atoms with Gasteiger partial charge in [0.15, 0.2) is 0 Å². The Kier molecular flexibility index (Phi) is 6.75. The fourth-order valence-electron chi connectivity index (χ4n) is 3.61. The Morgan fingerprint density at radius 2 is 1.79 bits per heavy atom. The molecule has 0 aliphatic carbocycles. The number of hydrogen-bond donors (Lipinski definition) is 1. The molecule has 0 saturated carbocycles. The van der Waals surface area contributed by atoms with Crippen molar-refractivity contribution in [3.05, 3.63) is 59.7 Å². The van der Waals surface area contributed by atoms with Gasteiger partial charge in [-0.25, -0.2) is 8.42 Å². The lowest BCUT2D eigenvalue weighted by Gasteiger charge is -2.31. The monoisotopic (exact) mass is 414 g/mol. The van der Waals surface area contributed by atoms with E-state index in [1.807, 2.05) is 31.2 Å². The third kappa shape index (κ3) is 5.06. The SMILES string of the molecule is CC[C@H](C)c1ccc(NC(=O)[C@H]2CCCN(S(=O)(=O)c3ccc(C)cc3)C2)cc1. The van der Waals surface area contributed by atoms with Crippen LogP contribution in [0.5, 0.6) is 0 Å². The lowest BCUT2D eigenvalue weighted by Crippen LogP contribution is -2.43. The first-order chi connectivity index (χ1) is 13.8. The molecule has 156 valence electrons. The summed E-state index contributed by atoms with van der Waals surface area (Å²) < 4.78 is 27.3. The molecule has 1 aliphatic rings. The number of aryl methyl sites for hydroxylation is 1. The first-order valence-electron chi connectivity index (χ1n) is 10.3. The summed E-state index contributed by atoms with van der Waals surface area (Å²) >= 11 is 0. The Morgan fingerprint density at radius 3 is 2.41 bits per heavy atom. The van der Waals surface area contributed by atoms with Gasteiger partial charge in [0.25, 0.3) is 0 Å². The summed E-state index contributed by atoms with van der Waals surface area (Å²) in [6.45, 7) is 6.92. The van der Waals surface area contributed by atoms with Crippen molar-refractivity contribution in [2.75, 3.05) is 18.4 Å². The van der Waals surface area contributed by atoms with Crippen LogP contribution in [0.2, 0.25) is 0 Å². The van der Waals surface area contributed by atoms with Gasteiger partial charge in [-0.05, 0) is 61.9 Å². The van der Waals surface area contributed by atoms with E-state index in [0.717, 1.165) is 17.7 Å². The van der Waals surface area contributed by atoms with E-state index in [2.05, 4.69) is 19.2 Å². The van der Waals surface area contributed by atoms with Crippen molar-refractivity contribution < 1.29 is 13.2 Å². The third-order valence-electron chi connectivity index (χ3n) is 5.77. The van der Waals surface area contributed by atoms with E-state index >= 15 is 0 Å². The van der Waals surface area contributed by atoms with E-state index in [0.29, 0.717) is 25.3 Å². The van der Waals surface area contributed by atoms with E-state index in [4.69, 9.17) is 0 Å². The maximum absolute atomic E-state index is 12.9. The molecular formula is C23H30N2O3S. The minimum Gasteiger partial charge on any atom is -0.326 e. The molecule has 5 nitrogen and oxygen atoms in total. The smallest absolute Gasteiger partial charge is 0.243 e. The zero-order valence-corrected chi connectivity index (χ0v) is 18.2. The number of anilines is 1. The summed E-state index contributed by atoms with van der Waals surface area (Å²) in [5.74, 6) is 0.0157. The van der Waals surface area contributed by atoms with Crippen molar-refractivity contribution in [1.29, 1.82) is 0 Å². The lowest BCUT2D eigenvalue weighted by molar-refractivity contribution is -0.120. The standard InChI is InChI=1S/C23H30N2O3S/c1-4-18(3)19-9-11-21(12-10-19)24-23(26)20-6-5-15-25(16-20)29(27,28)22-13-7-17(2)8-14-22/h7-14,18,20H,4-6,15-16H2,1-3H3,(H,24,26)/t18-,20-/m0/s1. The summed E-state index contributed by atoms with van der Waals surface area (Å²) in [7, 11) is -3.58. The van der Waals surface area contributed by atoms with Crippen molar-refractivity contribution in [3.63, 3.8) is 0 Å². The van der Waals surface area contributed by atoms with Crippen molar-refractivity contribution in [1.82, 2.24) is 4.31 Å². The van der Waals surface area contributed by atoms with Crippen LogP contribution in [-0.2, 0) is 14.8 Å². The zero-order valence-electron chi connectivity index (χ0n) is 17.4. The van der Waals surface area contributed by atoms with Gasteiger partial charge in [0.1, 0.15) is 0 Å². The first kappa shape index (κ1) is 21.5. The summed E-state index contributed by atoms with van der Waals surface area (Å²) in [5, 5.41) is 2.95. The zero-order chi connectivity index (χ0) is 21.0. The minimum atomic E-state index is -3.58. The van der Waals surface area contributed by atoms with Crippen LogP contribution in [0.1, 0.15) is 50.2 Å². The number of benzene rings is 2. The lowest BCUT2D eigenvalue weighted by atomic mass is 9.97. The van der Waals surface area contributed by atoms with Crippen LogP contribution in [0.25, 0.3) is 0 Å². The number of nitrogens with zero attached hydrogens (tertiary/aromatic N) is 1. The highest BCUT2D eigenvalue weighted by Crippen LogP contribution is 2.26. The maximum Gasteiger partial charge on any atom is 0.243 e. The van der Waals surface area contributed by atoms with E-state index < -0.39 is 10.0 Å². The maximum atomic E-state index is 12.9. The molecule has 0 bridgehead atoms. The quantitative estimate of drug-likeness (QED) is 0.754. The van der Waals surface area contributed by atoms with Gasteiger partial charge in [0.05, 0.1) is 10.8 Å². The number of carbonyl (C=O) groups is 1. The Balaban J connectivity index is 1.67. The van der Waals surface area contributed by atoms with Gasteiger partial charge in [0, 0.05) is 18.8 Å². The van der Waals surface area contributed by atoms with E-state index in [9.17, 15) is 13.2 Å². The number of amides is 1. The summed E-state index contributed by atoms with van der Waals surface area (Å²) in [6.07, 6.45) is 2.44. The predicted octanol–water partition coefficient (Wildman–Crippen LogP) is 4.55. The van der Waals surface area contributed by atoms with Gasteiger partial charge in [-0.2, -0.15) is 4.31 Å². The minimum absolute atomic E-state index is 0.120. The third-order valence-corrected chi connectivity index (χ3v) is 7.65. The molecule has 2 aromatic carbocycles. The number of sulfonamides is 1. The number of hydrogen-bond acceptors (Lipinski definition) is 3. The molecule has 2 aromatic rings. The second-order valence-electron chi connectivity index (χ2n) is 7.94. The van der Waals surface area contributed by atoms with Crippen molar-refractivity contribution in [2.45, 2.75) is 50.8 Å². The molecule has 0 unspecified atom stereocenters. The number of nitrogens with one attached hydrogen (secondary N) is 1. The van der Waals surface area contributed by atoms with Gasteiger partial charge >= 0.3 is 0 Å². The molecule has 2 atom stereocenters. The Bertz CT molecular complexity index is 937. The Hall–Kier alpha value is -2.18. The normalized spacial score (nSPS) is 18.9. The predicted molar refractivity (Wildman–Crippen MR) is 116 cm³/mol. The average Bonchev–Trinajstić information content (AvgIpc) is 2.74. The molecule has 0 radical (unpaired) electrons. The molecule has 29 heavy (non-hydrogen) atoms. The Labute approximate surface area is 174 Å². The molecule has 1 heterocycles. The van der Waals surface area contributed by atoms with Crippen LogP contribution in [0, 0.1) is 12.8 Å². The average molecular weight is 415 g/mol. The van der Waals surface area contributed by atoms with Gasteiger partial charge in [-0.15, -0.1) is 0 Å². The van der Waals surface area contributed by atoms with Gasteiger partial charge in [-0.3, -0.25) is 4.79 Å². The second-order valence-corrected chi connectivity index (χ2v) is 9.87. The molecule has 3 rings (SSSR count). The fraction of sp³-hybridized carbons (Fsp3) is 0.435. The van der Waals surface area contributed by atoms with Crippen LogP contribution in [0.3, 0.4) is 0 Å². The molecule has 0 aromatic heterocycles. The highest BCUT2D eigenvalue weighted by Gasteiger charge is 2.33. The summed E-state index contributed by atoms with van der Waals surface area (Å²) in [5.41, 5.74) is 3.01. The van der Waals surface area contributed by atoms with Gasteiger partial charge < -0.3 is 5.32 Å². The fourth-order valence-corrected chi connectivity index (χ4v) is 5.13. The van der Waals surface area contributed by atoms with Crippen LogP contribution in [-0.4, -0.2) is 31.7 Å². The molecule has 1 saturated heterocycles. The van der Waals surface area contributed by atoms with Crippen LogP contribution >= 0.6 is 0 Å². The van der Waals surface area contributed by atoms with E-state index in [1.54, 1.807) is 24.3 Å². The molecule has 6 heteroatoms. The molecule has 0 spiro atoms. The van der Waals surface area contributed by atoms with Gasteiger partial charge in [-0.1, -0.05) is 43.7 Å². The van der Waals surface area contributed by atoms with Crippen LogP contribution in [0.15, 0.2) is 53.4 Å². The molecule has 1 fully saturated rings. The second kappa shape index (κ2) is 9.09. The van der Waals surface area contributed by atoms with Crippen molar-refractivity contribution in [3.8, 4) is 0 Å². The highest BCUT2D eigenvalue weighted by atomic mass is 32.2. The highest BCUT2D eigenvalue weighted by molar-refractivity contribution is 7.89. The Morgan fingerprint density at radius 1 is 1.14 bits per heavy atom. The van der Waals surface area contributed by atoms with Crippen molar-refractivity contribution in [2.24, 2.45) is 5.92 Å². The molecule has 1 N–H and O–H groups in total.